The molecule has 3 aromatic rings. The van der Waals surface area contributed by atoms with E-state index in [1.807, 2.05) is 37.3 Å². The Morgan fingerprint density at radius 3 is 2.44 bits per heavy atom. The number of rotatable bonds is 6. The third-order valence-corrected chi connectivity index (χ3v) is 5.43. The summed E-state index contributed by atoms with van der Waals surface area (Å²) in [5, 5.41) is 2.24. The minimum absolute atomic E-state index is 0.154. The summed E-state index contributed by atoms with van der Waals surface area (Å²) < 4.78 is 11.4. The number of urea groups is 1. The molecule has 0 aliphatic carbocycles. The Balaban J connectivity index is 1.60. The number of anilines is 1. The Morgan fingerprint density at radius 2 is 1.71 bits per heavy atom. The molecule has 34 heavy (non-hydrogen) atoms. The first-order valence-electron chi connectivity index (χ1n) is 10.7. The van der Waals surface area contributed by atoms with E-state index in [0.29, 0.717) is 29.4 Å². The molecule has 0 bridgehead atoms. The highest BCUT2D eigenvalue weighted by molar-refractivity contribution is 6.39. The molecule has 1 heterocycles. The normalized spacial score (nSPS) is 14.9. The van der Waals surface area contributed by atoms with E-state index in [-0.39, 0.29) is 5.57 Å². The summed E-state index contributed by atoms with van der Waals surface area (Å²) in [6, 6.07) is 19.3. The number of methoxy groups -OCH3 is 1. The van der Waals surface area contributed by atoms with Crippen LogP contribution in [0.25, 0.3) is 6.08 Å². The van der Waals surface area contributed by atoms with E-state index in [1.165, 1.54) is 13.2 Å². The molecule has 1 fully saturated rings. The van der Waals surface area contributed by atoms with E-state index >= 15 is 0 Å². The number of imide groups is 2. The van der Waals surface area contributed by atoms with Crippen LogP contribution in [-0.4, -0.2) is 25.0 Å². The summed E-state index contributed by atoms with van der Waals surface area (Å²) in [5.74, 6) is -0.458. The first-order valence-corrected chi connectivity index (χ1v) is 10.7. The molecule has 0 spiro atoms. The van der Waals surface area contributed by atoms with Crippen LogP contribution in [0, 0.1) is 13.8 Å². The van der Waals surface area contributed by atoms with E-state index in [4.69, 9.17) is 9.47 Å². The molecule has 7 heteroatoms. The zero-order valence-corrected chi connectivity index (χ0v) is 19.1. The van der Waals surface area contributed by atoms with Crippen LogP contribution in [0.2, 0.25) is 0 Å². The predicted octanol–water partition coefficient (Wildman–Crippen LogP) is 4.56. The Hall–Kier alpha value is -4.39. The van der Waals surface area contributed by atoms with Gasteiger partial charge >= 0.3 is 6.03 Å². The number of para-hydroxylation sites is 1. The van der Waals surface area contributed by atoms with E-state index in [0.717, 1.165) is 21.6 Å². The second-order valence-electron chi connectivity index (χ2n) is 7.93. The van der Waals surface area contributed by atoms with Gasteiger partial charge in [-0.1, -0.05) is 54.1 Å². The zero-order chi connectivity index (χ0) is 24.2. The van der Waals surface area contributed by atoms with Crippen molar-refractivity contribution in [1.82, 2.24) is 5.32 Å². The number of nitrogens with zero attached hydrogens (tertiary/aromatic N) is 1. The van der Waals surface area contributed by atoms with Gasteiger partial charge < -0.3 is 9.47 Å². The summed E-state index contributed by atoms with van der Waals surface area (Å²) >= 11 is 0. The molecule has 0 saturated carbocycles. The maximum atomic E-state index is 13.1. The molecule has 0 unspecified atom stereocenters. The van der Waals surface area contributed by atoms with E-state index in [2.05, 4.69) is 5.32 Å². The largest absolute Gasteiger partial charge is 0.493 e. The van der Waals surface area contributed by atoms with Crippen molar-refractivity contribution < 1.29 is 23.9 Å². The van der Waals surface area contributed by atoms with Crippen molar-refractivity contribution in [3.63, 3.8) is 0 Å². The zero-order valence-electron chi connectivity index (χ0n) is 19.1. The van der Waals surface area contributed by atoms with Gasteiger partial charge in [0.1, 0.15) is 12.2 Å². The predicted molar refractivity (Wildman–Crippen MR) is 129 cm³/mol. The molecule has 0 aromatic heterocycles. The third-order valence-electron chi connectivity index (χ3n) is 5.43. The van der Waals surface area contributed by atoms with Crippen molar-refractivity contribution in [2.45, 2.75) is 20.5 Å². The number of ether oxygens (including phenoxy) is 2. The highest BCUT2D eigenvalue weighted by Gasteiger charge is 2.37. The molecule has 1 aliphatic rings. The number of carbonyl (C=O) groups is 3. The SMILES string of the molecule is COc1cc(/C=C2\C(=O)NC(=O)N(c3ccccc3C)C2=O)ccc1OCc1cccc(C)c1. The number of carbonyl (C=O) groups excluding carboxylic acids is 3. The van der Waals surface area contributed by atoms with Crippen LogP contribution < -0.4 is 19.7 Å². The van der Waals surface area contributed by atoms with Crippen LogP contribution in [0.1, 0.15) is 22.3 Å². The van der Waals surface area contributed by atoms with Crippen molar-refractivity contribution in [2.75, 3.05) is 12.0 Å². The first kappa shape index (κ1) is 22.8. The molecule has 0 radical (unpaired) electrons. The molecule has 4 amide bonds. The molecule has 1 N–H and O–H groups in total. The fourth-order valence-corrected chi connectivity index (χ4v) is 3.71. The number of amides is 4. The van der Waals surface area contributed by atoms with E-state index < -0.39 is 17.8 Å². The van der Waals surface area contributed by atoms with Crippen molar-refractivity contribution in [3.05, 3.63) is 94.6 Å². The number of hydrogen-bond donors (Lipinski definition) is 1. The van der Waals surface area contributed by atoms with Crippen LogP contribution in [-0.2, 0) is 16.2 Å². The standard InChI is InChI=1S/C27H24N2O5/c1-17-7-6-9-20(13-17)16-34-23-12-11-19(15-24(23)33-3)14-21-25(30)28-27(32)29(26(21)31)22-10-5-4-8-18(22)2/h4-15H,16H2,1-3H3,(H,28,30,32)/b21-14+. The second-order valence-corrected chi connectivity index (χ2v) is 7.93. The summed E-state index contributed by atoms with van der Waals surface area (Å²) in [5.41, 5.74) is 3.72. The van der Waals surface area contributed by atoms with Gasteiger partial charge in [0.15, 0.2) is 11.5 Å². The highest BCUT2D eigenvalue weighted by atomic mass is 16.5. The van der Waals surface area contributed by atoms with Crippen LogP contribution in [0.3, 0.4) is 0 Å². The van der Waals surface area contributed by atoms with Gasteiger partial charge in [0.05, 0.1) is 12.8 Å². The number of nitrogens with one attached hydrogen (secondary N) is 1. The van der Waals surface area contributed by atoms with Gasteiger partial charge in [-0.05, 0) is 54.8 Å². The minimum atomic E-state index is -0.779. The van der Waals surface area contributed by atoms with Gasteiger partial charge in [0, 0.05) is 0 Å². The lowest BCUT2D eigenvalue weighted by atomic mass is 10.1. The van der Waals surface area contributed by atoms with Gasteiger partial charge in [-0.15, -0.1) is 0 Å². The second kappa shape index (κ2) is 9.62. The van der Waals surface area contributed by atoms with Gasteiger partial charge in [0.25, 0.3) is 11.8 Å². The average Bonchev–Trinajstić information content (AvgIpc) is 2.82. The number of hydrogen-bond acceptors (Lipinski definition) is 5. The summed E-state index contributed by atoms with van der Waals surface area (Å²) in [4.78, 5) is 39.0. The lowest BCUT2D eigenvalue weighted by Gasteiger charge is -2.27. The molecule has 1 aliphatic heterocycles. The van der Waals surface area contributed by atoms with Crippen molar-refractivity contribution >= 4 is 29.6 Å². The number of barbiturate groups is 1. The van der Waals surface area contributed by atoms with Gasteiger partial charge in [-0.2, -0.15) is 0 Å². The van der Waals surface area contributed by atoms with Gasteiger partial charge in [0.2, 0.25) is 0 Å². The topological polar surface area (TPSA) is 84.9 Å². The molecule has 1 saturated heterocycles. The van der Waals surface area contributed by atoms with E-state index in [1.54, 1.807) is 43.3 Å². The van der Waals surface area contributed by atoms with Crippen LogP contribution in [0.15, 0.2) is 72.3 Å². The van der Waals surface area contributed by atoms with Crippen LogP contribution in [0.4, 0.5) is 10.5 Å². The highest BCUT2D eigenvalue weighted by Crippen LogP contribution is 2.31. The Morgan fingerprint density at radius 1 is 0.912 bits per heavy atom. The smallest absolute Gasteiger partial charge is 0.335 e. The lowest BCUT2D eigenvalue weighted by molar-refractivity contribution is -0.122. The number of aryl methyl sites for hydroxylation is 2. The van der Waals surface area contributed by atoms with E-state index in [9.17, 15) is 14.4 Å². The third kappa shape index (κ3) is 4.68. The molecule has 7 nitrogen and oxygen atoms in total. The molecular weight excluding hydrogens is 432 g/mol. The lowest BCUT2D eigenvalue weighted by Crippen LogP contribution is -2.54. The van der Waals surface area contributed by atoms with Crippen molar-refractivity contribution in [2.24, 2.45) is 0 Å². The molecular formula is C27H24N2O5. The minimum Gasteiger partial charge on any atom is -0.493 e. The van der Waals surface area contributed by atoms with Gasteiger partial charge in [-0.3, -0.25) is 14.9 Å². The summed E-state index contributed by atoms with van der Waals surface area (Å²) in [6.07, 6.45) is 1.43. The maximum Gasteiger partial charge on any atom is 0.335 e. The maximum absolute atomic E-state index is 13.1. The number of benzene rings is 3. The summed E-state index contributed by atoms with van der Waals surface area (Å²) in [7, 11) is 1.52. The first-order chi connectivity index (χ1) is 16.4. The van der Waals surface area contributed by atoms with Crippen LogP contribution >= 0.6 is 0 Å². The average molecular weight is 456 g/mol. The Labute approximate surface area is 197 Å². The molecule has 0 atom stereocenters. The summed E-state index contributed by atoms with van der Waals surface area (Å²) in [6.45, 7) is 4.17. The molecule has 4 rings (SSSR count). The van der Waals surface area contributed by atoms with Crippen molar-refractivity contribution in [3.8, 4) is 11.5 Å². The quantitative estimate of drug-likeness (QED) is 0.434. The fraction of sp³-hybridized carbons (Fsp3) is 0.148. The van der Waals surface area contributed by atoms with Crippen molar-refractivity contribution in [1.29, 1.82) is 0 Å². The monoisotopic (exact) mass is 456 g/mol. The molecule has 3 aromatic carbocycles. The molecule has 172 valence electrons. The fourth-order valence-electron chi connectivity index (χ4n) is 3.71. The Kier molecular flexibility index (Phi) is 6.45. The van der Waals surface area contributed by atoms with Crippen LogP contribution in [0.5, 0.6) is 11.5 Å². The van der Waals surface area contributed by atoms with Gasteiger partial charge in [-0.25, -0.2) is 9.69 Å². The Bertz CT molecular complexity index is 1310.